The van der Waals surface area contributed by atoms with E-state index in [0.717, 1.165) is 22.5 Å². The van der Waals surface area contributed by atoms with E-state index < -0.39 is 0 Å². The first-order valence-electron chi connectivity index (χ1n) is 12.1. The van der Waals surface area contributed by atoms with Crippen LogP contribution in [0.5, 0.6) is 0 Å². The molecule has 172 valence electrons. The molecule has 0 spiro atoms. The van der Waals surface area contributed by atoms with Crippen molar-refractivity contribution >= 4 is 32.5 Å². The van der Waals surface area contributed by atoms with E-state index in [4.69, 9.17) is 4.98 Å². The maximum Gasteiger partial charge on any atom is 0.147 e. The van der Waals surface area contributed by atoms with Crippen molar-refractivity contribution in [2.75, 3.05) is 0 Å². The minimum atomic E-state index is 0.159. The lowest BCUT2D eigenvalue weighted by Gasteiger charge is -2.19. The van der Waals surface area contributed by atoms with Crippen LogP contribution in [0.1, 0.15) is 31.9 Å². The standard InChI is InChI=1S/C32H28N2S/c1-21-9-18-26-27(20-35-30(26)19-21)31-33-28-7-5-6-8-29(28)34(31)25-16-12-23(13-17-25)22-10-14-24(15-11-22)32(2,3)4/h5-20H,1-4H3. The fourth-order valence-electron chi connectivity index (χ4n) is 4.74. The van der Waals surface area contributed by atoms with Crippen molar-refractivity contribution in [2.24, 2.45) is 0 Å². The summed E-state index contributed by atoms with van der Waals surface area (Å²) in [6, 6.07) is 32.9. The minimum absolute atomic E-state index is 0.159. The second-order valence-corrected chi connectivity index (χ2v) is 11.2. The summed E-state index contributed by atoms with van der Waals surface area (Å²) in [6.45, 7) is 8.90. The topological polar surface area (TPSA) is 17.8 Å². The molecule has 4 aromatic carbocycles. The summed E-state index contributed by atoms with van der Waals surface area (Å²) < 4.78 is 3.59. The largest absolute Gasteiger partial charge is 0.292 e. The second kappa shape index (κ2) is 8.21. The van der Waals surface area contributed by atoms with Gasteiger partial charge in [-0.05, 0) is 64.9 Å². The van der Waals surface area contributed by atoms with Crippen molar-refractivity contribution in [3.05, 3.63) is 108 Å². The molecule has 6 rings (SSSR count). The third-order valence-electron chi connectivity index (χ3n) is 6.74. The van der Waals surface area contributed by atoms with E-state index in [2.05, 4.69) is 129 Å². The molecule has 2 aromatic heterocycles. The van der Waals surface area contributed by atoms with Crippen LogP contribution in [-0.2, 0) is 5.41 Å². The Morgan fingerprint density at radius 2 is 1.46 bits per heavy atom. The Hall–Kier alpha value is -3.69. The van der Waals surface area contributed by atoms with Crippen LogP contribution in [0.25, 0.3) is 49.3 Å². The van der Waals surface area contributed by atoms with E-state index in [1.165, 1.54) is 37.9 Å². The van der Waals surface area contributed by atoms with Gasteiger partial charge in [0.2, 0.25) is 0 Å². The molecule has 0 unspecified atom stereocenters. The first-order chi connectivity index (χ1) is 16.9. The number of aromatic nitrogens is 2. The Labute approximate surface area is 210 Å². The molecule has 6 aromatic rings. The van der Waals surface area contributed by atoms with Gasteiger partial charge in [0.15, 0.2) is 0 Å². The molecule has 0 bridgehead atoms. The van der Waals surface area contributed by atoms with Crippen molar-refractivity contribution < 1.29 is 0 Å². The normalized spacial score (nSPS) is 12.0. The number of fused-ring (bicyclic) bond motifs is 2. The van der Waals surface area contributed by atoms with Crippen LogP contribution in [0, 0.1) is 6.92 Å². The zero-order valence-electron chi connectivity index (χ0n) is 20.5. The van der Waals surface area contributed by atoms with Gasteiger partial charge in [-0.3, -0.25) is 4.57 Å². The Kier molecular flexibility index (Phi) is 5.12. The summed E-state index contributed by atoms with van der Waals surface area (Å²) >= 11 is 1.79. The van der Waals surface area contributed by atoms with Crippen LogP contribution in [0.4, 0.5) is 0 Å². The maximum atomic E-state index is 5.09. The lowest BCUT2D eigenvalue weighted by molar-refractivity contribution is 0.590. The number of rotatable bonds is 3. The van der Waals surface area contributed by atoms with Gasteiger partial charge in [0.25, 0.3) is 0 Å². The highest BCUT2D eigenvalue weighted by molar-refractivity contribution is 7.17. The quantitative estimate of drug-likeness (QED) is 0.251. The van der Waals surface area contributed by atoms with Crippen molar-refractivity contribution in [3.63, 3.8) is 0 Å². The predicted octanol–water partition coefficient (Wildman–Crippen LogP) is 9.18. The maximum absolute atomic E-state index is 5.09. The molecule has 0 N–H and O–H groups in total. The Morgan fingerprint density at radius 3 is 2.17 bits per heavy atom. The second-order valence-electron chi connectivity index (χ2n) is 10.3. The van der Waals surface area contributed by atoms with E-state index in [1.807, 2.05) is 0 Å². The molecule has 0 amide bonds. The molecule has 0 radical (unpaired) electrons. The van der Waals surface area contributed by atoms with Gasteiger partial charge >= 0.3 is 0 Å². The van der Waals surface area contributed by atoms with Gasteiger partial charge in [-0.1, -0.05) is 81.4 Å². The summed E-state index contributed by atoms with van der Waals surface area (Å²) in [6.07, 6.45) is 0. The SMILES string of the molecule is Cc1ccc2c(-c3nc4ccccc4n3-c3ccc(-c4ccc(C(C)(C)C)cc4)cc3)csc2c1. The minimum Gasteiger partial charge on any atom is -0.292 e. The number of nitrogens with zero attached hydrogens (tertiary/aromatic N) is 2. The van der Waals surface area contributed by atoms with E-state index in [9.17, 15) is 0 Å². The van der Waals surface area contributed by atoms with Crippen LogP contribution >= 0.6 is 11.3 Å². The molecular formula is C32H28N2S. The van der Waals surface area contributed by atoms with Crippen molar-refractivity contribution in [1.29, 1.82) is 0 Å². The van der Waals surface area contributed by atoms with Crippen molar-refractivity contribution in [3.8, 4) is 28.2 Å². The zero-order valence-corrected chi connectivity index (χ0v) is 21.4. The summed E-state index contributed by atoms with van der Waals surface area (Å²) in [5, 5.41) is 3.50. The summed E-state index contributed by atoms with van der Waals surface area (Å²) in [5.74, 6) is 0.989. The number of para-hydroxylation sites is 2. The van der Waals surface area contributed by atoms with Crippen LogP contribution in [-0.4, -0.2) is 9.55 Å². The first kappa shape index (κ1) is 21.8. The van der Waals surface area contributed by atoms with Gasteiger partial charge in [-0.2, -0.15) is 0 Å². The number of hydrogen-bond acceptors (Lipinski definition) is 2. The van der Waals surface area contributed by atoms with Crippen LogP contribution < -0.4 is 0 Å². The van der Waals surface area contributed by atoms with Crippen molar-refractivity contribution in [2.45, 2.75) is 33.1 Å². The lowest BCUT2D eigenvalue weighted by Crippen LogP contribution is -2.10. The Bertz CT molecular complexity index is 1660. The average molecular weight is 473 g/mol. The molecular weight excluding hydrogens is 444 g/mol. The summed E-state index contributed by atoms with van der Waals surface area (Å²) in [4.78, 5) is 5.09. The number of benzene rings is 4. The molecule has 35 heavy (non-hydrogen) atoms. The molecule has 3 heteroatoms. The van der Waals surface area contributed by atoms with Gasteiger partial charge in [-0.25, -0.2) is 4.98 Å². The lowest BCUT2D eigenvalue weighted by atomic mass is 9.86. The monoisotopic (exact) mass is 472 g/mol. The Morgan fingerprint density at radius 1 is 0.771 bits per heavy atom. The molecule has 0 saturated heterocycles. The van der Waals surface area contributed by atoms with Crippen LogP contribution in [0.15, 0.2) is 96.4 Å². The molecule has 2 nitrogen and oxygen atoms in total. The highest BCUT2D eigenvalue weighted by Crippen LogP contribution is 2.37. The number of hydrogen-bond donors (Lipinski definition) is 0. The van der Waals surface area contributed by atoms with Gasteiger partial charge in [-0.15, -0.1) is 11.3 Å². The summed E-state index contributed by atoms with van der Waals surface area (Å²) in [7, 11) is 0. The molecule has 0 fully saturated rings. The molecule has 0 saturated carbocycles. The van der Waals surface area contributed by atoms with Gasteiger partial charge in [0.1, 0.15) is 5.82 Å². The van der Waals surface area contributed by atoms with E-state index >= 15 is 0 Å². The molecule has 0 aliphatic rings. The molecule has 0 atom stereocenters. The molecule has 0 aliphatic heterocycles. The fraction of sp³-hybridized carbons (Fsp3) is 0.156. The average Bonchev–Trinajstić information content (AvgIpc) is 3.44. The van der Waals surface area contributed by atoms with E-state index in [-0.39, 0.29) is 5.41 Å². The third-order valence-corrected chi connectivity index (χ3v) is 7.69. The highest BCUT2D eigenvalue weighted by atomic mass is 32.1. The fourth-order valence-corrected chi connectivity index (χ4v) is 5.78. The third kappa shape index (κ3) is 3.86. The number of imidazole rings is 1. The zero-order chi connectivity index (χ0) is 24.2. The highest BCUT2D eigenvalue weighted by Gasteiger charge is 2.18. The van der Waals surface area contributed by atoms with E-state index in [1.54, 1.807) is 11.3 Å². The van der Waals surface area contributed by atoms with Gasteiger partial charge in [0.05, 0.1) is 11.0 Å². The van der Waals surface area contributed by atoms with Crippen LogP contribution in [0.3, 0.4) is 0 Å². The first-order valence-corrected chi connectivity index (χ1v) is 12.9. The van der Waals surface area contributed by atoms with Crippen LogP contribution in [0.2, 0.25) is 0 Å². The van der Waals surface area contributed by atoms with E-state index in [0.29, 0.717) is 0 Å². The summed E-state index contributed by atoms with van der Waals surface area (Å²) in [5.41, 5.74) is 9.68. The predicted molar refractivity (Wildman–Crippen MR) is 151 cm³/mol. The van der Waals surface area contributed by atoms with Crippen molar-refractivity contribution in [1.82, 2.24) is 9.55 Å². The van der Waals surface area contributed by atoms with Gasteiger partial charge in [0, 0.05) is 26.7 Å². The smallest absolute Gasteiger partial charge is 0.147 e. The Balaban J connectivity index is 1.46. The number of aryl methyl sites for hydroxylation is 1. The molecule has 2 heterocycles. The van der Waals surface area contributed by atoms with Gasteiger partial charge < -0.3 is 0 Å². The number of thiophene rings is 1. The molecule has 0 aliphatic carbocycles.